The predicted molar refractivity (Wildman–Crippen MR) is 106 cm³/mol. The molecule has 28 heavy (non-hydrogen) atoms. The van der Waals surface area contributed by atoms with Gasteiger partial charge in [-0.3, -0.25) is 14.6 Å². The zero-order valence-corrected chi connectivity index (χ0v) is 15.7. The van der Waals surface area contributed by atoms with Gasteiger partial charge in [0.25, 0.3) is 0 Å². The lowest BCUT2D eigenvalue weighted by molar-refractivity contribution is 0.610. The predicted octanol–water partition coefficient (Wildman–Crippen LogP) is 1.92. The maximum absolute atomic E-state index is 12.7. The molecule has 9 nitrogen and oxygen atoms in total. The molecule has 0 amide bonds. The highest BCUT2D eigenvalue weighted by Crippen LogP contribution is 2.11. The van der Waals surface area contributed by atoms with E-state index in [0.717, 1.165) is 11.3 Å². The van der Waals surface area contributed by atoms with E-state index in [1.165, 1.54) is 9.36 Å². The smallest absolute Gasteiger partial charge is 0.271 e. The molecule has 4 aromatic rings. The summed E-state index contributed by atoms with van der Waals surface area (Å²) in [5, 5.41) is 15.6. The SMILES string of the molecule is Cc1nn(Cc2n[nH]c(=S)n2-c2ccccc2)c(=O)n1/N=C/c1ccncc1. The Balaban J connectivity index is 1.67. The van der Waals surface area contributed by atoms with E-state index >= 15 is 0 Å². The Morgan fingerprint density at radius 1 is 1.18 bits per heavy atom. The number of hydrogen-bond acceptors (Lipinski definition) is 6. The van der Waals surface area contributed by atoms with Crippen LogP contribution < -0.4 is 5.69 Å². The van der Waals surface area contributed by atoms with Crippen molar-refractivity contribution in [2.75, 3.05) is 0 Å². The van der Waals surface area contributed by atoms with E-state index in [0.29, 0.717) is 16.4 Å². The summed E-state index contributed by atoms with van der Waals surface area (Å²) >= 11 is 5.33. The first-order chi connectivity index (χ1) is 13.6. The molecule has 0 atom stereocenters. The molecule has 0 radical (unpaired) electrons. The molecule has 3 heterocycles. The van der Waals surface area contributed by atoms with Crippen LogP contribution in [0.25, 0.3) is 5.69 Å². The Morgan fingerprint density at radius 2 is 1.93 bits per heavy atom. The van der Waals surface area contributed by atoms with Crippen LogP contribution in [0.2, 0.25) is 0 Å². The summed E-state index contributed by atoms with van der Waals surface area (Å²) in [7, 11) is 0. The van der Waals surface area contributed by atoms with Crippen molar-refractivity contribution in [3.63, 3.8) is 0 Å². The highest BCUT2D eigenvalue weighted by molar-refractivity contribution is 7.71. The van der Waals surface area contributed by atoms with Crippen LogP contribution in [0.5, 0.6) is 0 Å². The third-order valence-corrected chi connectivity index (χ3v) is 4.32. The summed E-state index contributed by atoms with van der Waals surface area (Å²) < 4.78 is 4.77. The molecule has 10 heteroatoms. The van der Waals surface area contributed by atoms with Crippen molar-refractivity contribution >= 4 is 18.4 Å². The van der Waals surface area contributed by atoms with E-state index in [-0.39, 0.29) is 12.2 Å². The number of rotatable bonds is 5. The van der Waals surface area contributed by atoms with Crippen molar-refractivity contribution < 1.29 is 0 Å². The number of hydrogen-bond donors (Lipinski definition) is 1. The molecule has 0 aliphatic carbocycles. The van der Waals surface area contributed by atoms with Gasteiger partial charge in [-0.15, -0.1) is 0 Å². The molecule has 0 bridgehead atoms. The molecule has 1 aromatic carbocycles. The molecule has 3 aromatic heterocycles. The zero-order chi connectivity index (χ0) is 19.5. The van der Waals surface area contributed by atoms with Gasteiger partial charge in [-0.1, -0.05) is 18.2 Å². The maximum Gasteiger partial charge on any atom is 0.367 e. The molecule has 0 unspecified atom stereocenters. The van der Waals surface area contributed by atoms with E-state index in [1.54, 1.807) is 42.2 Å². The summed E-state index contributed by atoms with van der Waals surface area (Å²) in [6.07, 6.45) is 4.90. The van der Waals surface area contributed by atoms with Gasteiger partial charge < -0.3 is 0 Å². The molecule has 0 aliphatic rings. The van der Waals surface area contributed by atoms with Crippen molar-refractivity contribution in [2.24, 2.45) is 5.10 Å². The maximum atomic E-state index is 12.7. The number of aromatic nitrogens is 7. The monoisotopic (exact) mass is 392 g/mol. The molecular weight excluding hydrogens is 376 g/mol. The van der Waals surface area contributed by atoms with Crippen molar-refractivity contribution in [3.8, 4) is 5.69 Å². The molecule has 1 N–H and O–H groups in total. The second-order valence-corrected chi connectivity index (χ2v) is 6.33. The number of pyridine rings is 1. The lowest BCUT2D eigenvalue weighted by atomic mass is 10.3. The third-order valence-electron chi connectivity index (χ3n) is 4.05. The average molecular weight is 392 g/mol. The van der Waals surface area contributed by atoms with Crippen LogP contribution in [0.3, 0.4) is 0 Å². The Morgan fingerprint density at radius 3 is 2.68 bits per heavy atom. The second-order valence-electron chi connectivity index (χ2n) is 5.94. The van der Waals surface area contributed by atoms with Crippen LogP contribution in [0, 0.1) is 11.7 Å². The van der Waals surface area contributed by atoms with Gasteiger partial charge in [-0.2, -0.15) is 20.0 Å². The number of benzene rings is 1. The van der Waals surface area contributed by atoms with E-state index in [2.05, 4.69) is 25.4 Å². The van der Waals surface area contributed by atoms with Gasteiger partial charge in [0.2, 0.25) is 0 Å². The van der Waals surface area contributed by atoms with E-state index in [1.807, 2.05) is 30.3 Å². The Labute approximate surface area is 164 Å². The van der Waals surface area contributed by atoms with Gasteiger partial charge in [0.15, 0.2) is 16.4 Å². The molecule has 0 fully saturated rings. The standard InChI is InChI=1S/C18H16N8OS/c1-13-23-24(18(27)26(13)20-11-14-7-9-19-10-8-14)12-16-21-22-17(28)25(16)15-5-3-2-4-6-15/h2-11H,12H2,1H3,(H,22,28)/b20-11+. The van der Waals surface area contributed by atoms with Gasteiger partial charge in [-0.25, -0.2) is 9.48 Å². The first kappa shape index (κ1) is 17.7. The lowest BCUT2D eigenvalue weighted by Gasteiger charge is -2.05. The topological polar surface area (TPSA) is 98.7 Å². The summed E-state index contributed by atoms with van der Waals surface area (Å²) in [4.78, 5) is 16.7. The average Bonchev–Trinajstić information content (AvgIpc) is 3.21. The Kier molecular flexibility index (Phi) is 4.77. The van der Waals surface area contributed by atoms with Crippen LogP contribution in [-0.2, 0) is 6.54 Å². The summed E-state index contributed by atoms with van der Waals surface area (Å²) in [5.74, 6) is 1.04. The lowest BCUT2D eigenvalue weighted by Crippen LogP contribution is -2.25. The molecule has 140 valence electrons. The van der Waals surface area contributed by atoms with Gasteiger partial charge in [0.05, 0.1) is 6.21 Å². The number of nitrogens with one attached hydrogen (secondary N) is 1. The fourth-order valence-electron chi connectivity index (χ4n) is 2.73. The molecule has 0 spiro atoms. The van der Waals surface area contributed by atoms with E-state index < -0.39 is 0 Å². The minimum absolute atomic E-state index is 0.152. The zero-order valence-electron chi connectivity index (χ0n) is 14.9. The molecule has 0 saturated heterocycles. The van der Waals surface area contributed by atoms with Crippen LogP contribution in [0.1, 0.15) is 17.2 Å². The Bertz CT molecular complexity index is 1230. The van der Waals surface area contributed by atoms with Crippen molar-refractivity contribution in [1.29, 1.82) is 0 Å². The van der Waals surface area contributed by atoms with E-state index in [9.17, 15) is 4.79 Å². The summed E-state index contributed by atoms with van der Waals surface area (Å²) in [6.45, 7) is 1.87. The highest BCUT2D eigenvalue weighted by atomic mass is 32.1. The number of nitrogens with zero attached hydrogens (tertiary/aromatic N) is 7. The Hall–Kier alpha value is -3.66. The van der Waals surface area contributed by atoms with Crippen LogP contribution in [0.15, 0.2) is 64.8 Å². The first-order valence-corrected chi connectivity index (χ1v) is 8.87. The fraction of sp³-hybridized carbons (Fsp3) is 0.111. The summed E-state index contributed by atoms with van der Waals surface area (Å²) in [6, 6.07) is 13.2. The second kappa shape index (κ2) is 7.53. The molecular formula is C18H16N8OS. The van der Waals surface area contributed by atoms with Crippen LogP contribution >= 0.6 is 12.2 Å². The molecule has 0 aliphatic heterocycles. The third kappa shape index (κ3) is 3.45. The minimum atomic E-state index is -0.365. The number of aromatic amines is 1. The van der Waals surface area contributed by atoms with Crippen molar-refractivity contribution in [3.05, 3.63) is 87.3 Å². The van der Waals surface area contributed by atoms with E-state index in [4.69, 9.17) is 12.2 Å². The number of H-pyrrole nitrogens is 1. The molecule has 4 rings (SSSR count). The van der Waals surface area contributed by atoms with Gasteiger partial charge >= 0.3 is 5.69 Å². The van der Waals surface area contributed by atoms with Gasteiger partial charge in [-0.05, 0) is 49.0 Å². The van der Waals surface area contributed by atoms with Crippen molar-refractivity contribution in [2.45, 2.75) is 13.5 Å². The number of para-hydroxylation sites is 1. The quantitative estimate of drug-likeness (QED) is 0.413. The number of aryl methyl sites for hydroxylation is 1. The largest absolute Gasteiger partial charge is 0.367 e. The minimum Gasteiger partial charge on any atom is -0.271 e. The van der Waals surface area contributed by atoms with Crippen LogP contribution in [0.4, 0.5) is 0 Å². The first-order valence-electron chi connectivity index (χ1n) is 8.46. The normalized spacial score (nSPS) is 11.3. The summed E-state index contributed by atoms with van der Waals surface area (Å²) in [5.41, 5.74) is 1.33. The highest BCUT2D eigenvalue weighted by Gasteiger charge is 2.14. The molecule has 0 saturated carbocycles. The fourth-order valence-corrected chi connectivity index (χ4v) is 2.99. The van der Waals surface area contributed by atoms with Gasteiger partial charge in [0.1, 0.15) is 6.54 Å². The van der Waals surface area contributed by atoms with Crippen LogP contribution in [-0.4, -0.2) is 40.4 Å². The van der Waals surface area contributed by atoms with Gasteiger partial charge in [0, 0.05) is 18.1 Å². The van der Waals surface area contributed by atoms with Crippen molar-refractivity contribution in [1.82, 2.24) is 34.2 Å².